The summed E-state index contributed by atoms with van der Waals surface area (Å²) in [4.78, 5) is 12.2. The van der Waals surface area contributed by atoms with Crippen molar-refractivity contribution in [1.82, 2.24) is 10.6 Å². The average molecular weight is 253 g/mol. The number of hydrogen-bond donors (Lipinski definition) is 3. The highest BCUT2D eigenvalue weighted by Gasteiger charge is 2.24. The molecule has 1 amide bonds. The molecule has 18 heavy (non-hydrogen) atoms. The number of carbonyl (C=O) groups excluding carboxylic acids is 1. The second-order valence-electron chi connectivity index (χ2n) is 5.83. The second-order valence-corrected chi connectivity index (χ2v) is 5.83. The van der Waals surface area contributed by atoms with Crippen LogP contribution in [0.2, 0.25) is 0 Å². The van der Waals surface area contributed by atoms with E-state index in [0.29, 0.717) is 12.1 Å². The van der Waals surface area contributed by atoms with E-state index in [1.807, 2.05) is 0 Å². The maximum absolute atomic E-state index is 12.2. The fourth-order valence-electron chi connectivity index (χ4n) is 2.99. The molecule has 1 atom stereocenters. The van der Waals surface area contributed by atoms with Crippen LogP contribution in [-0.4, -0.2) is 30.6 Å². The number of hydrogen-bond acceptors (Lipinski definition) is 3. The standard InChI is InChI=1S/C14H27N3O/c15-11-6-8-12(9-7-11)17-14(18)13-5-3-1-2-4-10-16-13/h11-13,16H,1-10,15H2,(H,17,18). The van der Waals surface area contributed by atoms with Crippen molar-refractivity contribution in [2.45, 2.75) is 75.9 Å². The molecule has 0 aromatic rings. The third-order valence-corrected chi connectivity index (χ3v) is 4.25. The third-order valence-electron chi connectivity index (χ3n) is 4.25. The smallest absolute Gasteiger partial charge is 0.237 e. The van der Waals surface area contributed by atoms with Crippen molar-refractivity contribution in [2.75, 3.05) is 6.54 Å². The first-order chi connectivity index (χ1) is 8.75. The molecule has 0 aromatic heterocycles. The Kier molecular flexibility index (Phi) is 5.45. The Morgan fingerprint density at radius 3 is 2.50 bits per heavy atom. The summed E-state index contributed by atoms with van der Waals surface area (Å²) in [5.41, 5.74) is 5.88. The molecule has 1 aliphatic carbocycles. The largest absolute Gasteiger partial charge is 0.352 e. The Labute approximate surface area is 110 Å². The second kappa shape index (κ2) is 7.10. The lowest BCUT2D eigenvalue weighted by Crippen LogP contribution is -2.49. The summed E-state index contributed by atoms with van der Waals surface area (Å²) in [6.07, 6.45) is 10.1. The Morgan fingerprint density at radius 1 is 1.00 bits per heavy atom. The summed E-state index contributed by atoms with van der Waals surface area (Å²) in [6.45, 7) is 0.980. The highest BCUT2D eigenvalue weighted by Crippen LogP contribution is 2.17. The van der Waals surface area contributed by atoms with Gasteiger partial charge in [0, 0.05) is 12.1 Å². The van der Waals surface area contributed by atoms with Crippen LogP contribution >= 0.6 is 0 Å². The number of nitrogens with two attached hydrogens (primary N) is 1. The van der Waals surface area contributed by atoms with Gasteiger partial charge in [0.05, 0.1) is 6.04 Å². The first-order valence-corrected chi connectivity index (χ1v) is 7.55. The Morgan fingerprint density at radius 2 is 1.72 bits per heavy atom. The minimum absolute atomic E-state index is 0.0286. The molecule has 0 bridgehead atoms. The van der Waals surface area contributed by atoms with Crippen molar-refractivity contribution in [1.29, 1.82) is 0 Å². The van der Waals surface area contributed by atoms with Crippen LogP contribution in [0.25, 0.3) is 0 Å². The summed E-state index contributed by atoms with van der Waals surface area (Å²) in [5.74, 6) is 0.206. The average Bonchev–Trinajstić information content (AvgIpc) is 2.31. The lowest BCUT2D eigenvalue weighted by Gasteiger charge is -2.29. The fraction of sp³-hybridized carbons (Fsp3) is 0.929. The molecule has 0 aromatic carbocycles. The van der Waals surface area contributed by atoms with Crippen molar-refractivity contribution < 1.29 is 4.79 Å². The topological polar surface area (TPSA) is 67.1 Å². The van der Waals surface area contributed by atoms with E-state index in [-0.39, 0.29) is 11.9 Å². The molecule has 4 heteroatoms. The first-order valence-electron chi connectivity index (χ1n) is 7.55. The molecule has 2 aliphatic rings. The normalized spacial score (nSPS) is 34.4. The minimum atomic E-state index is 0.0286. The molecule has 2 rings (SSSR count). The molecular weight excluding hydrogens is 226 g/mol. The van der Waals surface area contributed by atoms with Gasteiger partial charge in [0.25, 0.3) is 0 Å². The molecule has 1 saturated heterocycles. The number of nitrogens with one attached hydrogen (secondary N) is 2. The molecule has 1 heterocycles. The van der Waals surface area contributed by atoms with Crippen LogP contribution in [0.3, 0.4) is 0 Å². The SMILES string of the molecule is NC1CCC(NC(=O)C2CCCCCCN2)CC1. The lowest BCUT2D eigenvalue weighted by atomic mass is 9.91. The quantitative estimate of drug-likeness (QED) is 0.695. The lowest BCUT2D eigenvalue weighted by molar-refractivity contribution is -0.124. The van der Waals surface area contributed by atoms with Gasteiger partial charge in [-0.2, -0.15) is 0 Å². The number of amides is 1. The van der Waals surface area contributed by atoms with Gasteiger partial charge in [-0.15, -0.1) is 0 Å². The highest BCUT2D eigenvalue weighted by atomic mass is 16.2. The van der Waals surface area contributed by atoms with Gasteiger partial charge in [-0.05, 0) is 45.1 Å². The van der Waals surface area contributed by atoms with Crippen molar-refractivity contribution >= 4 is 5.91 Å². The number of rotatable bonds is 2. The fourth-order valence-corrected chi connectivity index (χ4v) is 2.99. The summed E-state index contributed by atoms with van der Waals surface area (Å²) < 4.78 is 0. The van der Waals surface area contributed by atoms with Gasteiger partial charge in [0.2, 0.25) is 5.91 Å². The Hall–Kier alpha value is -0.610. The van der Waals surface area contributed by atoms with E-state index >= 15 is 0 Å². The molecule has 1 unspecified atom stereocenters. The maximum atomic E-state index is 12.2. The third kappa shape index (κ3) is 4.25. The van der Waals surface area contributed by atoms with E-state index in [4.69, 9.17) is 5.73 Å². The van der Waals surface area contributed by atoms with Crippen LogP contribution in [0.5, 0.6) is 0 Å². The van der Waals surface area contributed by atoms with E-state index < -0.39 is 0 Å². The zero-order valence-corrected chi connectivity index (χ0v) is 11.3. The zero-order valence-electron chi connectivity index (χ0n) is 11.3. The van der Waals surface area contributed by atoms with Gasteiger partial charge in [0.15, 0.2) is 0 Å². The molecule has 0 radical (unpaired) electrons. The van der Waals surface area contributed by atoms with Crippen LogP contribution in [0, 0.1) is 0 Å². The molecule has 4 N–H and O–H groups in total. The van der Waals surface area contributed by atoms with Gasteiger partial charge in [0.1, 0.15) is 0 Å². The molecule has 1 saturated carbocycles. The summed E-state index contributed by atoms with van der Waals surface area (Å²) in [7, 11) is 0. The summed E-state index contributed by atoms with van der Waals surface area (Å²) >= 11 is 0. The van der Waals surface area contributed by atoms with Crippen molar-refractivity contribution in [2.24, 2.45) is 5.73 Å². The van der Waals surface area contributed by atoms with Crippen molar-refractivity contribution in [3.8, 4) is 0 Å². The van der Waals surface area contributed by atoms with E-state index in [1.165, 1.54) is 25.7 Å². The Balaban J connectivity index is 1.75. The minimum Gasteiger partial charge on any atom is -0.352 e. The first kappa shape index (κ1) is 13.8. The van der Waals surface area contributed by atoms with Gasteiger partial charge >= 0.3 is 0 Å². The molecule has 0 spiro atoms. The van der Waals surface area contributed by atoms with Crippen LogP contribution < -0.4 is 16.4 Å². The Bertz CT molecular complexity index is 254. The predicted octanol–water partition coefficient (Wildman–Crippen LogP) is 1.29. The van der Waals surface area contributed by atoms with E-state index in [2.05, 4.69) is 10.6 Å². The number of carbonyl (C=O) groups is 1. The predicted molar refractivity (Wildman–Crippen MR) is 73.2 cm³/mol. The van der Waals surface area contributed by atoms with Crippen LogP contribution in [0.15, 0.2) is 0 Å². The zero-order chi connectivity index (χ0) is 12.8. The molecule has 4 nitrogen and oxygen atoms in total. The molecule has 104 valence electrons. The molecule has 2 fully saturated rings. The van der Waals surface area contributed by atoms with Gasteiger partial charge in [-0.3, -0.25) is 4.79 Å². The van der Waals surface area contributed by atoms with Crippen molar-refractivity contribution in [3.63, 3.8) is 0 Å². The van der Waals surface area contributed by atoms with Crippen LogP contribution in [0.4, 0.5) is 0 Å². The summed E-state index contributed by atoms with van der Waals surface area (Å²) in [5, 5.41) is 6.58. The monoisotopic (exact) mass is 253 g/mol. The van der Waals surface area contributed by atoms with Gasteiger partial charge < -0.3 is 16.4 Å². The summed E-state index contributed by atoms with van der Waals surface area (Å²) in [6, 6.07) is 0.725. The molecule has 1 aliphatic heterocycles. The van der Waals surface area contributed by atoms with Crippen LogP contribution in [0.1, 0.15) is 57.8 Å². The van der Waals surface area contributed by atoms with E-state index in [0.717, 1.165) is 38.6 Å². The van der Waals surface area contributed by atoms with Crippen molar-refractivity contribution in [3.05, 3.63) is 0 Å². The maximum Gasteiger partial charge on any atom is 0.237 e. The van der Waals surface area contributed by atoms with Gasteiger partial charge in [-0.1, -0.05) is 19.3 Å². The van der Waals surface area contributed by atoms with E-state index in [9.17, 15) is 4.79 Å². The highest BCUT2D eigenvalue weighted by molar-refractivity contribution is 5.82. The van der Waals surface area contributed by atoms with Gasteiger partial charge in [-0.25, -0.2) is 0 Å². The van der Waals surface area contributed by atoms with Crippen LogP contribution in [-0.2, 0) is 4.79 Å². The van der Waals surface area contributed by atoms with E-state index in [1.54, 1.807) is 0 Å². The molecular formula is C14H27N3O.